The third kappa shape index (κ3) is 3.64. The highest BCUT2D eigenvalue weighted by Gasteiger charge is 1.88. The molecule has 4 heteroatoms. The Morgan fingerprint density at radius 2 is 1.90 bits per heavy atom. The molecule has 1 aromatic rings. The van der Waals surface area contributed by atoms with Gasteiger partial charge in [0.15, 0.2) is 0 Å². The fourth-order valence-corrected chi connectivity index (χ4v) is 0.642. The van der Waals surface area contributed by atoms with E-state index in [-0.39, 0.29) is 5.28 Å². The molecule has 1 rings (SSSR count). The Labute approximate surface area is 70.2 Å². The van der Waals surface area contributed by atoms with Crippen LogP contribution in [0.3, 0.4) is 0 Å². The first-order valence-electron chi connectivity index (χ1n) is 2.93. The zero-order valence-electron chi connectivity index (χ0n) is 5.81. The third-order valence-electron chi connectivity index (χ3n) is 0.592. The Balaban J connectivity index is 0.000000371. The van der Waals surface area contributed by atoms with Crippen LogP contribution in [-0.2, 0) is 0 Å². The molecule has 0 aliphatic rings. The van der Waals surface area contributed by atoms with Gasteiger partial charge in [-0.1, -0.05) is 25.4 Å². The van der Waals surface area contributed by atoms with E-state index < -0.39 is 0 Å². The Morgan fingerprint density at radius 1 is 1.30 bits per heavy atom. The minimum absolute atomic E-state index is 0.178. The molecule has 0 aliphatic heterocycles. The van der Waals surface area contributed by atoms with Crippen molar-refractivity contribution in [3.05, 3.63) is 22.7 Å². The predicted molar refractivity (Wildman–Crippen MR) is 43.4 cm³/mol. The van der Waals surface area contributed by atoms with E-state index in [2.05, 4.69) is 9.97 Å². The first-order valence-corrected chi connectivity index (χ1v) is 3.68. The van der Waals surface area contributed by atoms with Gasteiger partial charge in [0.25, 0.3) is 0 Å². The SMILES string of the molecule is CC.Clc1ccnc(Cl)n1. The summed E-state index contributed by atoms with van der Waals surface area (Å²) in [6.07, 6.45) is 1.50. The van der Waals surface area contributed by atoms with Gasteiger partial charge in [-0.25, -0.2) is 9.97 Å². The minimum atomic E-state index is 0.178. The summed E-state index contributed by atoms with van der Waals surface area (Å²) in [4.78, 5) is 7.20. The normalized spacial score (nSPS) is 8.00. The van der Waals surface area contributed by atoms with Crippen molar-refractivity contribution in [3.63, 3.8) is 0 Å². The van der Waals surface area contributed by atoms with Crippen molar-refractivity contribution in [2.75, 3.05) is 0 Å². The van der Waals surface area contributed by atoms with E-state index in [0.717, 1.165) is 0 Å². The van der Waals surface area contributed by atoms with E-state index in [1.165, 1.54) is 6.20 Å². The number of rotatable bonds is 0. The lowest BCUT2D eigenvalue weighted by molar-refractivity contribution is 1.17. The molecule has 56 valence electrons. The summed E-state index contributed by atoms with van der Waals surface area (Å²) < 4.78 is 0. The summed E-state index contributed by atoms with van der Waals surface area (Å²) in [6.45, 7) is 4.00. The standard InChI is InChI=1S/C4H2Cl2N2.C2H6/c5-3-1-2-7-4(6)8-3;1-2/h1-2H;1-2H3. The van der Waals surface area contributed by atoms with Gasteiger partial charge in [0.2, 0.25) is 5.28 Å². The highest BCUT2D eigenvalue weighted by atomic mass is 35.5. The first-order chi connectivity index (χ1) is 4.79. The largest absolute Gasteiger partial charge is 0.226 e. The summed E-state index contributed by atoms with van der Waals surface area (Å²) in [5, 5.41) is 0.544. The lowest BCUT2D eigenvalue weighted by Gasteiger charge is -1.85. The van der Waals surface area contributed by atoms with Crippen LogP contribution >= 0.6 is 23.2 Å². The summed E-state index contributed by atoms with van der Waals surface area (Å²) >= 11 is 10.7. The number of halogens is 2. The second-order valence-electron chi connectivity index (χ2n) is 1.15. The fraction of sp³-hybridized carbons (Fsp3) is 0.333. The summed E-state index contributed by atoms with van der Waals surface area (Å²) in [5.74, 6) is 0. The van der Waals surface area contributed by atoms with Gasteiger partial charge < -0.3 is 0 Å². The van der Waals surface area contributed by atoms with Gasteiger partial charge >= 0.3 is 0 Å². The highest BCUT2D eigenvalue weighted by molar-refractivity contribution is 6.31. The predicted octanol–water partition coefficient (Wildman–Crippen LogP) is 2.81. The van der Waals surface area contributed by atoms with Crippen molar-refractivity contribution in [3.8, 4) is 0 Å². The molecule has 0 saturated carbocycles. The van der Waals surface area contributed by atoms with Gasteiger partial charge in [-0.05, 0) is 17.7 Å². The maximum absolute atomic E-state index is 5.41. The van der Waals surface area contributed by atoms with Crippen molar-refractivity contribution in [2.45, 2.75) is 13.8 Å². The van der Waals surface area contributed by atoms with Crippen LogP contribution in [0.1, 0.15) is 13.8 Å². The van der Waals surface area contributed by atoms with Crippen LogP contribution in [0, 0.1) is 0 Å². The topological polar surface area (TPSA) is 25.8 Å². The molecule has 0 N–H and O–H groups in total. The zero-order valence-corrected chi connectivity index (χ0v) is 7.32. The third-order valence-corrected chi connectivity index (χ3v) is 0.985. The molecule has 0 bridgehead atoms. The molecule has 0 saturated heterocycles. The molecule has 1 heterocycles. The van der Waals surface area contributed by atoms with Gasteiger partial charge in [-0.2, -0.15) is 0 Å². The number of hydrogen-bond acceptors (Lipinski definition) is 2. The van der Waals surface area contributed by atoms with E-state index in [9.17, 15) is 0 Å². The lowest BCUT2D eigenvalue weighted by atomic mass is 10.7. The molecular formula is C6H8Cl2N2. The van der Waals surface area contributed by atoms with E-state index in [1.54, 1.807) is 6.07 Å². The van der Waals surface area contributed by atoms with E-state index >= 15 is 0 Å². The van der Waals surface area contributed by atoms with E-state index in [4.69, 9.17) is 23.2 Å². The maximum Gasteiger partial charge on any atom is 0.223 e. The van der Waals surface area contributed by atoms with Crippen molar-refractivity contribution < 1.29 is 0 Å². The summed E-state index contributed by atoms with van der Waals surface area (Å²) in [5.41, 5.74) is 0. The molecule has 2 nitrogen and oxygen atoms in total. The second-order valence-corrected chi connectivity index (χ2v) is 1.87. The molecule has 0 aromatic carbocycles. The van der Waals surface area contributed by atoms with Crippen LogP contribution in [0.5, 0.6) is 0 Å². The van der Waals surface area contributed by atoms with Crippen molar-refractivity contribution >= 4 is 23.2 Å². The van der Waals surface area contributed by atoms with Gasteiger partial charge in [0.1, 0.15) is 5.15 Å². The maximum atomic E-state index is 5.41. The monoisotopic (exact) mass is 178 g/mol. The van der Waals surface area contributed by atoms with Crippen LogP contribution in [0.4, 0.5) is 0 Å². The molecule has 0 aliphatic carbocycles. The van der Waals surface area contributed by atoms with Gasteiger partial charge in [0, 0.05) is 6.20 Å². The lowest BCUT2D eigenvalue weighted by Crippen LogP contribution is -1.77. The van der Waals surface area contributed by atoms with Crippen molar-refractivity contribution in [2.24, 2.45) is 0 Å². The zero-order chi connectivity index (χ0) is 7.98. The number of nitrogens with zero attached hydrogens (tertiary/aromatic N) is 2. The molecule has 0 spiro atoms. The molecule has 0 amide bonds. The molecule has 0 fully saturated rings. The minimum Gasteiger partial charge on any atom is -0.226 e. The highest BCUT2D eigenvalue weighted by Crippen LogP contribution is 2.04. The molecule has 0 radical (unpaired) electrons. The Morgan fingerprint density at radius 3 is 2.20 bits per heavy atom. The van der Waals surface area contributed by atoms with Crippen LogP contribution in [0.25, 0.3) is 0 Å². The van der Waals surface area contributed by atoms with Crippen LogP contribution in [-0.4, -0.2) is 9.97 Å². The van der Waals surface area contributed by atoms with Crippen LogP contribution in [0.2, 0.25) is 10.4 Å². The molecule has 0 atom stereocenters. The second kappa shape index (κ2) is 5.45. The van der Waals surface area contributed by atoms with Crippen LogP contribution < -0.4 is 0 Å². The Kier molecular flexibility index (Phi) is 5.26. The summed E-state index contributed by atoms with van der Waals surface area (Å²) in [7, 11) is 0. The average molecular weight is 179 g/mol. The molecular weight excluding hydrogens is 171 g/mol. The first kappa shape index (κ1) is 9.66. The molecule has 1 aromatic heterocycles. The van der Waals surface area contributed by atoms with E-state index in [0.29, 0.717) is 5.15 Å². The van der Waals surface area contributed by atoms with Crippen molar-refractivity contribution in [1.29, 1.82) is 0 Å². The van der Waals surface area contributed by atoms with Gasteiger partial charge in [-0.3, -0.25) is 0 Å². The molecule has 10 heavy (non-hydrogen) atoms. The number of aromatic nitrogens is 2. The van der Waals surface area contributed by atoms with Gasteiger partial charge in [-0.15, -0.1) is 0 Å². The van der Waals surface area contributed by atoms with Gasteiger partial charge in [0.05, 0.1) is 0 Å². The Bertz CT molecular complexity index is 174. The average Bonchev–Trinajstić information content (AvgIpc) is 1.91. The van der Waals surface area contributed by atoms with Crippen LogP contribution in [0.15, 0.2) is 12.3 Å². The van der Waals surface area contributed by atoms with E-state index in [1.807, 2.05) is 13.8 Å². The molecule has 0 unspecified atom stereocenters. The van der Waals surface area contributed by atoms with Crippen molar-refractivity contribution in [1.82, 2.24) is 9.97 Å². The number of hydrogen-bond donors (Lipinski definition) is 0. The summed E-state index contributed by atoms with van der Waals surface area (Å²) in [6, 6.07) is 1.56. The fourth-order valence-electron chi connectivity index (χ4n) is 0.315. The smallest absolute Gasteiger partial charge is 0.223 e. The Hall–Kier alpha value is -0.340. The quantitative estimate of drug-likeness (QED) is 0.452.